The van der Waals surface area contributed by atoms with Crippen molar-refractivity contribution in [2.24, 2.45) is 0 Å². The summed E-state index contributed by atoms with van der Waals surface area (Å²) in [4.78, 5) is 14.7. The summed E-state index contributed by atoms with van der Waals surface area (Å²) in [5.41, 5.74) is 0.283. The first-order valence-electron chi connectivity index (χ1n) is 9.51. The highest BCUT2D eigenvalue weighted by atomic mass is 35.5. The van der Waals surface area contributed by atoms with E-state index in [0.717, 1.165) is 51.4 Å². The molecule has 0 bridgehead atoms. The van der Waals surface area contributed by atoms with Gasteiger partial charge in [0.05, 0.1) is 28.7 Å². The van der Waals surface area contributed by atoms with Crippen LogP contribution in [0.4, 0.5) is 10.1 Å². The van der Waals surface area contributed by atoms with Gasteiger partial charge in [-0.3, -0.25) is 14.4 Å². The van der Waals surface area contributed by atoms with Gasteiger partial charge in [-0.1, -0.05) is 11.6 Å². The number of anilines is 1. The SMILES string of the molecule is O=C(NCCCN1CCOCC1)c1cc(S(=O)(=O)Nc2ccc(F)cc2)ccc1Cl. The van der Waals surface area contributed by atoms with E-state index in [4.69, 9.17) is 16.3 Å². The molecule has 0 spiro atoms. The molecular formula is C20H23ClFN3O4S. The molecule has 2 aromatic rings. The zero-order chi connectivity index (χ0) is 21.6. The molecule has 1 fully saturated rings. The molecule has 1 saturated heterocycles. The fraction of sp³-hybridized carbons (Fsp3) is 0.350. The molecular weight excluding hydrogens is 433 g/mol. The maximum Gasteiger partial charge on any atom is 0.261 e. The summed E-state index contributed by atoms with van der Waals surface area (Å²) in [5, 5.41) is 2.93. The zero-order valence-electron chi connectivity index (χ0n) is 16.2. The molecule has 2 N–H and O–H groups in total. The third-order valence-corrected chi connectivity index (χ3v) is 6.34. The van der Waals surface area contributed by atoms with Crippen molar-refractivity contribution in [3.05, 3.63) is 58.9 Å². The molecule has 7 nitrogen and oxygen atoms in total. The Bertz CT molecular complexity index is 980. The minimum Gasteiger partial charge on any atom is -0.379 e. The molecule has 162 valence electrons. The second-order valence-corrected chi connectivity index (χ2v) is 8.91. The van der Waals surface area contributed by atoms with Crippen LogP contribution in [-0.2, 0) is 14.8 Å². The van der Waals surface area contributed by atoms with Gasteiger partial charge in [-0.2, -0.15) is 0 Å². The minimum atomic E-state index is -3.97. The predicted octanol–water partition coefficient (Wildman–Crippen LogP) is 2.73. The highest BCUT2D eigenvalue weighted by Gasteiger charge is 2.19. The van der Waals surface area contributed by atoms with Crippen molar-refractivity contribution in [3.63, 3.8) is 0 Å². The van der Waals surface area contributed by atoms with Crippen molar-refractivity contribution in [3.8, 4) is 0 Å². The smallest absolute Gasteiger partial charge is 0.261 e. The Hall–Kier alpha value is -2.20. The molecule has 1 aliphatic heterocycles. The molecule has 1 heterocycles. The lowest BCUT2D eigenvalue weighted by molar-refractivity contribution is 0.0374. The van der Waals surface area contributed by atoms with Crippen molar-refractivity contribution in [1.82, 2.24) is 10.2 Å². The Balaban J connectivity index is 1.61. The van der Waals surface area contributed by atoms with Gasteiger partial charge < -0.3 is 10.1 Å². The topological polar surface area (TPSA) is 87.7 Å². The number of morpholine rings is 1. The molecule has 0 atom stereocenters. The largest absolute Gasteiger partial charge is 0.379 e. The van der Waals surface area contributed by atoms with Crippen molar-refractivity contribution < 1.29 is 22.3 Å². The third kappa shape index (κ3) is 6.15. The minimum absolute atomic E-state index is 0.0741. The molecule has 3 rings (SSSR count). The third-order valence-electron chi connectivity index (χ3n) is 4.63. The molecule has 0 unspecified atom stereocenters. The van der Waals surface area contributed by atoms with Gasteiger partial charge >= 0.3 is 0 Å². The van der Waals surface area contributed by atoms with E-state index in [9.17, 15) is 17.6 Å². The van der Waals surface area contributed by atoms with Crippen LogP contribution in [0, 0.1) is 5.82 Å². The van der Waals surface area contributed by atoms with Crippen LogP contribution < -0.4 is 10.0 Å². The van der Waals surface area contributed by atoms with Crippen molar-refractivity contribution in [2.45, 2.75) is 11.3 Å². The number of benzene rings is 2. The van der Waals surface area contributed by atoms with Gasteiger partial charge in [-0.15, -0.1) is 0 Å². The van der Waals surface area contributed by atoms with Crippen LogP contribution in [0.25, 0.3) is 0 Å². The predicted molar refractivity (Wildman–Crippen MR) is 113 cm³/mol. The zero-order valence-corrected chi connectivity index (χ0v) is 17.8. The number of hydrogen-bond acceptors (Lipinski definition) is 5. The Labute approximate surface area is 180 Å². The fourth-order valence-corrected chi connectivity index (χ4v) is 4.29. The van der Waals surface area contributed by atoms with Crippen molar-refractivity contribution >= 4 is 33.2 Å². The van der Waals surface area contributed by atoms with Crippen LogP contribution in [0.2, 0.25) is 5.02 Å². The quantitative estimate of drug-likeness (QED) is 0.597. The van der Waals surface area contributed by atoms with Crippen molar-refractivity contribution in [1.29, 1.82) is 0 Å². The van der Waals surface area contributed by atoms with Crippen LogP contribution in [-0.4, -0.2) is 58.6 Å². The van der Waals surface area contributed by atoms with Gasteiger partial charge in [-0.25, -0.2) is 12.8 Å². The number of amides is 1. The monoisotopic (exact) mass is 455 g/mol. The van der Waals surface area contributed by atoms with E-state index >= 15 is 0 Å². The summed E-state index contributed by atoms with van der Waals surface area (Å²) < 4.78 is 45.9. The van der Waals surface area contributed by atoms with E-state index in [2.05, 4.69) is 14.9 Å². The van der Waals surface area contributed by atoms with Gasteiger partial charge in [-0.05, 0) is 55.4 Å². The van der Waals surface area contributed by atoms with E-state index in [1.807, 2.05) is 0 Å². The number of sulfonamides is 1. The number of nitrogens with zero attached hydrogens (tertiary/aromatic N) is 1. The maximum atomic E-state index is 13.0. The number of carbonyl (C=O) groups excluding carboxylic acids is 1. The van der Waals surface area contributed by atoms with Crippen LogP contribution in [0.3, 0.4) is 0 Å². The van der Waals surface area contributed by atoms with E-state index in [1.54, 1.807) is 0 Å². The highest BCUT2D eigenvalue weighted by molar-refractivity contribution is 7.92. The van der Waals surface area contributed by atoms with E-state index in [1.165, 1.54) is 30.3 Å². The van der Waals surface area contributed by atoms with Crippen LogP contribution in [0.5, 0.6) is 0 Å². The number of nitrogens with one attached hydrogen (secondary N) is 2. The molecule has 10 heteroatoms. The first-order chi connectivity index (χ1) is 14.3. The summed E-state index contributed by atoms with van der Waals surface area (Å²) in [7, 11) is -3.97. The number of hydrogen-bond donors (Lipinski definition) is 2. The molecule has 0 radical (unpaired) electrons. The summed E-state index contributed by atoms with van der Waals surface area (Å²) >= 11 is 6.11. The molecule has 1 amide bonds. The number of rotatable bonds is 8. The normalized spacial score (nSPS) is 15.0. The Morgan fingerprint density at radius 1 is 1.13 bits per heavy atom. The summed E-state index contributed by atoms with van der Waals surface area (Å²) in [6.07, 6.45) is 0.757. The average molecular weight is 456 g/mol. The fourth-order valence-electron chi connectivity index (χ4n) is 3.00. The van der Waals surface area contributed by atoms with E-state index < -0.39 is 21.7 Å². The summed E-state index contributed by atoms with van der Waals surface area (Å²) in [5.74, 6) is -0.919. The summed E-state index contributed by atoms with van der Waals surface area (Å²) in [6, 6.07) is 8.82. The van der Waals surface area contributed by atoms with E-state index in [0.29, 0.717) is 6.54 Å². The Morgan fingerprint density at radius 2 is 1.83 bits per heavy atom. The van der Waals surface area contributed by atoms with Gasteiger partial charge in [0.2, 0.25) is 0 Å². The standard InChI is InChI=1S/C20H23ClFN3O4S/c21-19-7-6-17(30(27,28)24-16-4-2-15(22)3-5-16)14-18(19)20(26)23-8-1-9-25-10-12-29-13-11-25/h2-7,14,24H,1,8-13H2,(H,23,26). The van der Waals surface area contributed by atoms with Crippen LogP contribution in [0.1, 0.15) is 16.8 Å². The number of ether oxygens (including phenoxy) is 1. The van der Waals surface area contributed by atoms with Gasteiger partial charge in [0.25, 0.3) is 15.9 Å². The first kappa shape index (κ1) is 22.5. The Kier molecular flexibility index (Phi) is 7.65. The lowest BCUT2D eigenvalue weighted by Gasteiger charge is -2.26. The highest BCUT2D eigenvalue weighted by Crippen LogP contribution is 2.22. The van der Waals surface area contributed by atoms with Gasteiger partial charge in [0, 0.05) is 25.3 Å². The van der Waals surface area contributed by atoms with Gasteiger partial charge in [0.15, 0.2) is 0 Å². The average Bonchev–Trinajstić information content (AvgIpc) is 2.73. The van der Waals surface area contributed by atoms with Crippen LogP contribution >= 0.6 is 11.6 Å². The molecule has 0 saturated carbocycles. The van der Waals surface area contributed by atoms with Gasteiger partial charge in [0.1, 0.15) is 5.82 Å². The maximum absolute atomic E-state index is 13.0. The lowest BCUT2D eigenvalue weighted by Crippen LogP contribution is -2.38. The molecule has 1 aliphatic rings. The summed E-state index contributed by atoms with van der Waals surface area (Å²) in [6.45, 7) is 4.47. The number of carbonyl (C=O) groups is 1. The molecule has 0 aliphatic carbocycles. The Morgan fingerprint density at radius 3 is 2.53 bits per heavy atom. The first-order valence-corrected chi connectivity index (χ1v) is 11.4. The number of halogens is 2. The van der Waals surface area contributed by atoms with E-state index in [-0.39, 0.29) is 21.2 Å². The molecule has 2 aromatic carbocycles. The second kappa shape index (κ2) is 10.2. The van der Waals surface area contributed by atoms with Crippen molar-refractivity contribution in [2.75, 3.05) is 44.1 Å². The second-order valence-electron chi connectivity index (χ2n) is 6.82. The molecule has 30 heavy (non-hydrogen) atoms. The lowest BCUT2D eigenvalue weighted by atomic mass is 10.2. The molecule has 0 aromatic heterocycles. The van der Waals surface area contributed by atoms with Crippen LogP contribution in [0.15, 0.2) is 47.4 Å².